The van der Waals surface area contributed by atoms with E-state index in [0.717, 1.165) is 11.4 Å². The van der Waals surface area contributed by atoms with Crippen molar-refractivity contribution in [3.05, 3.63) is 60.7 Å². The van der Waals surface area contributed by atoms with Crippen molar-refractivity contribution in [2.75, 3.05) is 19.5 Å². The van der Waals surface area contributed by atoms with Gasteiger partial charge in [-0.1, -0.05) is 12.1 Å². The van der Waals surface area contributed by atoms with Crippen LogP contribution >= 0.6 is 11.3 Å². The van der Waals surface area contributed by atoms with Gasteiger partial charge in [0.25, 0.3) is 0 Å². The van der Waals surface area contributed by atoms with Crippen LogP contribution in [0.5, 0.6) is 5.75 Å². The van der Waals surface area contributed by atoms with Crippen molar-refractivity contribution in [2.45, 2.75) is 0 Å². The molecule has 0 aliphatic rings. The molecule has 1 heterocycles. The first-order valence-electron chi connectivity index (χ1n) is 6.82. The van der Waals surface area contributed by atoms with Crippen LogP contribution in [0, 0.1) is 0 Å². The lowest BCUT2D eigenvalue weighted by molar-refractivity contribution is 0.415. The summed E-state index contributed by atoms with van der Waals surface area (Å²) in [6, 6.07) is 21.0. The Hall–Kier alpha value is -2.26. The number of nitrogens with one attached hydrogen (secondary N) is 1. The molecule has 2 aromatic carbocycles. The quantitative estimate of drug-likeness (QED) is 0.720. The Morgan fingerprint density at radius 2 is 1.29 bits per heavy atom. The summed E-state index contributed by atoms with van der Waals surface area (Å²) in [5, 5.41) is 3.14. The number of ether oxygens (including phenoxy) is 1. The average molecular weight is 295 g/mol. The molecule has 0 saturated carbocycles. The second kappa shape index (κ2) is 6.02. The van der Waals surface area contributed by atoms with Crippen LogP contribution in [0.2, 0.25) is 0 Å². The molecule has 3 rings (SSSR count). The van der Waals surface area contributed by atoms with Gasteiger partial charge in [-0.15, -0.1) is 11.3 Å². The molecule has 3 heteroatoms. The molecular formula is C18H17NOS. The molecule has 3 aromatic rings. The fraction of sp³-hybridized carbons (Fsp3) is 0.111. The molecule has 0 radical (unpaired) electrons. The van der Waals surface area contributed by atoms with Crippen LogP contribution in [0.3, 0.4) is 0 Å². The second-order valence-corrected chi connectivity index (χ2v) is 5.80. The van der Waals surface area contributed by atoms with Crippen molar-refractivity contribution in [3.8, 4) is 26.6 Å². The Morgan fingerprint density at radius 3 is 1.76 bits per heavy atom. The van der Waals surface area contributed by atoms with Gasteiger partial charge in [-0.3, -0.25) is 0 Å². The van der Waals surface area contributed by atoms with Gasteiger partial charge in [-0.25, -0.2) is 0 Å². The summed E-state index contributed by atoms with van der Waals surface area (Å²) in [5.74, 6) is 0.887. The minimum absolute atomic E-state index is 0.887. The van der Waals surface area contributed by atoms with E-state index < -0.39 is 0 Å². The van der Waals surface area contributed by atoms with Gasteiger partial charge in [0, 0.05) is 22.5 Å². The molecule has 0 aliphatic carbocycles. The molecule has 0 unspecified atom stereocenters. The third kappa shape index (κ3) is 2.93. The first-order valence-corrected chi connectivity index (χ1v) is 7.64. The number of anilines is 1. The van der Waals surface area contributed by atoms with Crippen molar-refractivity contribution in [2.24, 2.45) is 0 Å². The van der Waals surface area contributed by atoms with Gasteiger partial charge in [0.2, 0.25) is 0 Å². The predicted molar refractivity (Wildman–Crippen MR) is 91.3 cm³/mol. The fourth-order valence-electron chi connectivity index (χ4n) is 2.20. The van der Waals surface area contributed by atoms with Crippen LogP contribution in [0.25, 0.3) is 20.9 Å². The molecule has 0 saturated heterocycles. The number of hydrogen-bond acceptors (Lipinski definition) is 3. The van der Waals surface area contributed by atoms with Crippen LogP contribution < -0.4 is 10.1 Å². The van der Waals surface area contributed by atoms with Gasteiger partial charge >= 0.3 is 0 Å². The lowest BCUT2D eigenvalue weighted by atomic mass is 10.1. The molecule has 1 aromatic heterocycles. The zero-order valence-electron chi connectivity index (χ0n) is 12.1. The number of benzene rings is 2. The van der Waals surface area contributed by atoms with Crippen LogP contribution in [0.4, 0.5) is 5.69 Å². The second-order valence-electron chi connectivity index (χ2n) is 4.72. The highest BCUT2D eigenvalue weighted by molar-refractivity contribution is 7.18. The first kappa shape index (κ1) is 13.7. The summed E-state index contributed by atoms with van der Waals surface area (Å²) < 4.78 is 5.20. The van der Waals surface area contributed by atoms with Gasteiger partial charge < -0.3 is 10.1 Å². The third-order valence-electron chi connectivity index (χ3n) is 3.44. The molecule has 2 nitrogen and oxygen atoms in total. The van der Waals surface area contributed by atoms with E-state index >= 15 is 0 Å². The Kier molecular flexibility index (Phi) is 3.93. The van der Waals surface area contributed by atoms with E-state index in [0.29, 0.717) is 0 Å². The SMILES string of the molecule is CNc1ccc(-c2ccc(-c3ccc(OC)cc3)s2)cc1. The zero-order valence-corrected chi connectivity index (χ0v) is 12.9. The molecular weight excluding hydrogens is 278 g/mol. The Morgan fingerprint density at radius 1 is 0.762 bits per heavy atom. The first-order chi connectivity index (χ1) is 10.3. The van der Waals surface area contributed by atoms with E-state index in [9.17, 15) is 0 Å². The number of thiophene rings is 1. The normalized spacial score (nSPS) is 10.4. The van der Waals surface area contributed by atoms with Gasteiger partial charge in [-0.05, 0) is 59.7 Å². The topological polar surface area (TPSA) is 21.3 Å². The van der Waals surface area contributed by atoms with E-state index in [4.69, 9.17) is 4.74 Å². The van der Waals surface area contributed by atoms with Crippen LogP contribution in [-0.4, -0.2) is 14.2 Å². The maximum absolute atomic E-state index is 5.20. The third-order valence-corrected chi connectivity index (χ3v) is 4.62. The largest absolute Gasteiger partial charge is 0.497 e. The number of hydrogen-bond donors (Lipinski definition) is 1. The molecule has 0 fully saturated rings. The maximum Gasteiger partial charge on any atom is 0.118 e. The summed E-state index contributed by atoms with van der Waals surface area (Å²) in [4.78, 5) is 2.55. The van der Waals surface area contributed by atoms with Crippen LogP contribution in [-0.2, 0) is 0 Å². The molecule has 0 aliphatic heterocycles. The minimum atomic E-state index is 0.887. The van der Waals surface area contributed by atoms with Gasteiger partial charge in [0.15, 0.2) is 0 Å². The van der Waals surface area contributed by atoms with E-state index in [1.807, 2.05) is 19.2 Å². The van der Waals surface area contributed by atoms with Crippen molar-refractivity contribution >= 4 is 17.0 Å². The summed E-state index contributed by atoms with van der Waals surface area (Å²) in [6.07, 6.45) is 0. The molecule has 106 valence electrons. The standard InChI is InChI=1S/C18H17NOS/c1-19-15-7-3-13(4-8-15)17-11-12-18(21-17)14-5-9-16(20-2)10-6-14/h3-12,19H,1-2H3. The van der Waals surface area contributed by atoms with Crippen molar-refractivity contribution in [3.63, 3.8) is 0 Å². The Labute approximate surface area is 129 Å². The smallest absolute Gasteiger partial charge is 0.118 e. The van der Waals surface area contributed by atoms with Gasteiger partial charge in [-0.2, -0.15) is 0 Å². The monoisotopic (exact) mass is 295 g/mol. The van der Waals surface area contributed by atoms with Crippen molar-refractivity contribution in [1.82, 2.24) is 0 Å². The van der Waals surface area contributed by atoms with Gasteiger partial charge in [0.05, 0.1) is 7.11 Å². The van der Waals surface area contributed by atoms with E-state index in [1.165, 1.54) is 20.9 Å². The zero-order chi connectivity index (χ0) is 14.7. The molecule has 1 N–H and O–H groups in total. The molecule has 21 heavy (non-hydrogen) atoms. The molecule has 0 amide bonds. The summed E-state index contributed by atoms with van der Waals surface area (Å²) in [7, 11) is 3.62. The van der Waals surface area contributed by atoms with E-state index in [2.05, 4.69) is 53.8 Å². The fourth-order valence-corrected chi connectivity index (χ4v) is 3.22. The lowest BCUT2D eigenvalue weighted by Crippen LogP contribution is -1.86. The molecule has 0 spiro atoms. The lowest BCUT2D eigenvalue weighted by Gasteiger charge is -2.02. The highest BCUT2D eigenvalue weighted by Crippen LogP contribution is 2.35. The molecule has 0 bridgehead atoms. The van der Waals surface area contributed by atoms with Crippen molar-refractivity contribution < 1.29 is 4.74 Å². The van der Waals surface area contributed by atoms with Crippen molar-refractivity contribution in [1.29, 1.82) is 0 Å². The Bertz CT molecular complexity index is 652. The van der Waals surface area contributed by atoms with E-state index in [-0.39, 0.29) is 0 Å². The Balaban J connectivity index is 1.87. The van der Waals surface area contributed by atoms with Crippen LogP contribution in [0.15, 0.2) is 60.7 Å². The average Bonchev–Trinajstić information content (AvgIpc) is 3.05. The maximum atomic E-state index is 5.20. The summed E-state index contributed by atoms with van der Waals surface area (Å²) >= 11 is 1.80. The summed E-state index contributed by atoms with van der Waals surface area (Å²) in [5.41, 5.74) is 3.60. The minimum Gasteiger partial charge on any atom is -0.497 e. The number of rotatable bonds is 4. The van der Waals surface area contributed by atoms with E-state index in [1.54, 1.807) is 18.4 Å². The predicted octanol–water partition coefficient (Wildman–Crippen LogP) is 5.13. The summed E-state index contributed by atoms with van der Waals surface area (Å²) in [6.45, 7) is 0. The van der Waals surface area contributed by atoms with Crippen LogP contribution in [0.1, 0.15) is 0 Å². The molecule has 0 atom stereocenters. The highest BCUT2D eigenvalue weighted by atomic mass is 32.1. The highest BCUT2D eigenvalue weighted by Gasteiger charge is 2.05. The van der Waals surface area contributed by atoms with Gasteiger partial charge in [0.1, 0.15) is 5.75 Å². The number of methoxy groups -OCH3 is 1.